The number of hydrogen-bond donors (Lipinski definition) is 0. The molecule has 0 aliphatic carbocycles. The van der Waals surface area contributed by atoms with E-state index in [0.717, 1.165) is 70.4 Å². The molecule has 2 aliphatic heterocycles. The van der Waals surface area contributed by atoms with E-state index in [9.17, 15) is 0 Å². The summed E-state index contributed by atoms with van der Waals surface area (Å²) >= 11 is 0. The van der Waals surface area contributed by atoms with Gasteiger partial charge < -0.3 is 14.2 Å². The van der Waals surface area contributed by atoms with E-state index < -0.39 is 0 Å². The summed E-state index contributed by atoms with van der Waals surface area (Å²) in [5.74, 6) is 1.91. The van der Waals surface area contributed by atoms with Gasteiger partial charge in [-0.05, 0) is 24.5 Å². The topological polar surface area (TPSA) is 30.9 Å². The van der Waals surface area contributed by atoms with Crippen LogP contribution in [-0.4, -0.2) is 51.0 Å². The van der Waals surface area contributed by atoms with Gasteiger partial charge in [-0.3, -0.25) is 4.90 Å². The Bertz CT molecular complexity index is 416. The second-order valence-electron chi connectivity index (χ2n) is 5.02. The molecule has 2 heterocycles. The van der Waals surface area contributed by atoms with E-state index in [2.05, 4.69) is 11.0 Å². The summed E-state index contributed by atoms with van der Waals surface area (Å²) in [6.07, 6.45) is 2.23. The quantitative estimate of drug-likeness (QED) is 0.827. The third-order valence-corrected chi connectivity index (χ3v) is 3.67. The van der Waals surface area contributed by atoms with Crippen LogP contribution in [0.1, 0.15) is 12.0 Å². The lowest BCUT2D eigenvalue weighted by Gasteiger charge is -2.26. The molecule has 0 aromatic heterocycles. The summed E-state index contributed by atoms with van der Waals surface area (Å²) in [5.41, 5.74) is 1.30. The van der Waals surface area contributed by atoms with Crippen molar-refractivity contribution in [2.75, 3.05) is 46.1 Å². The number of fused-ring (bicyclic) bond motifs is 1. The van der Waals surface area contributed by atoms with Gasteiger partial charge in [-0.2, -0.15) is 0 Å². The summed E-state index contributed by atoms with van der Waals surface area (Å²) in [5, 5.41) is 0. The van der Waals surface area contributed by atoms with Crippen molar-refractivity contribution in [3.05, 3.63) is 23.8 Å². The molecule has 0 saturated carbocycles. The molecule has 0 amide bonds. The van der Waals surface area contributed by atoms with Crippen LogP contribution in [0.2, 0.25) is 0 Å². The SMILES string of the molecule is c1cc2c(cc1OCCN1CCOCC1)OCCC2. The Kier molecular flexibility index (Phi) is 4.20. The van der Waals surface area contributed by atoms with Gasteiger partial charge in [0.05, 0.1) is 19.8 Å². The molecule has 0 bridgehead atoms. The highest BCUT2D eigenvalue weighted by molar-refractivity contribution is 5.41. The van der Waals surface area contributed by atoms with Crippen molar-refractivity contribution in [3.8, 4) is 11.5 Å². The third-order valence-electron chi connectivity index (χ3n) is 3.67. The number of benzene rings is 1. The smallest absolute Gasteiger partial charge is 0.126 e. The molecule has 1 fully saturated rings. The predicted molar refractivity (Wildman–Crippen MR) is 73.0 cm³/mol. The van der Waals surface area contributed by atoms with Crippen LogP contribution in [-0.2, 0) is 11.2 Å². The first-order valence-corrected chi connectivity index (χ1v) is 7.10. The standard InChI is InChI=1S/C15H21NO3/c1-2-13-3-4-14(12-15(13)19-8-1)18-11-7-16-5-9-17-10-6-16/h3-4,12H,1-2,5-11H2. The molecular formula is C15H21NO3. The highest BCUT2D eigenvalue weighted by Gasteiger charge is 2.12. The van der Waals surface area contributed by atoms with Crippen molar-refractivity contribution in [1.82, 2.24) is 4.90 Å². The first kappa shape index (κ1) is 12.8. The molecule has 0 unspecified atom stereocenters. The Morgan fingerprint density at radius 1 is 1.16 bits per heavy atom. The van der Waals surface area contributed by atoms with Crippen LogP contribution < -0.4 is 9.47 Å². The number of hydrogen-bond acceptors (Lipinski definition) is 4. The summed E-state index contributed by atoms with van der Waals surface area (Å²) in [6.45, 7) is 6.21. The van der Waals surface area contributed by atoms with Gasteiger partial charge in [0.15, 0.2) is 0 Å². The van der Waals surface area contributed by atoms with Gasteiger partial charge in [-0.15, -0.1) is 0 Å². The molecule has 0 N–H and O–H groups in total. The molecule has 19 heavy (non-hydrogen) atoms. The van der Waals surface area contributed by atoms with Crippen molar-refractivity contribution in [2.24, 2.45) is 0 Å². The Labute approximate surface area is 114 Å². The zero-order valence-electron chi connectivity index (χ0n) is 11.3. The van der Waals surface area contributed by atoms with Gasteiger partial charge >= 0.3 is 0 Å². The second kappa shape index (κ2) is 6.26. The molecule has 0 spiro atoms. The summed E-state index contributed by atoms with van der Waals surface area (Å²) < 4.78 is 16.8. The summed E-state index contributed by atoms with van der Waals surface area (Å²) in [7, 11) is 0. The van der Waals surface area contributed by atoms with Crippen LogP contribution in [0.25, 0.3) is 0 Å². The lowest BCUT2D eigenvalue weighted by atomic mass is 10.1. The highest BCUT2D eigenvalue weighted by atomic mass is 16.5. The first-order valence-electron chi connectivity index (χ1n) is 7.10. The zero-order chi connectivity index (χ0) is 12.9. The molecular weight excluding hydrogens is 242 g/mol. The molecule has 3 rings (SSSR count). The van der Waals surface area contributed by atoms with E-state index in [1.165, 1.54) is 5.56 Å². The van der Waals surface area contributed by atoms with E-state index in [1.807, 2.05) is 12.1 Å². The van der Waals surface area contributed by atoms with E-state index in [0.29, 0.717) is 0 Å². The minimum absolute atomic E-state index is 0.721. The molecule has 4 nitrogen and oxygen atoms in total. The molecule has 1 aromatic rings. The maximum atomic E-state index is 5.81. The fraction of sp³-hybridized carbons (Fsp3) is 0.600. The molecule has 0 atom stereocenters. The second-order valence-corrected chi connectivity index (χ2v) is 5.02. The molecule has 0 radical (unpaired) electrons. The summed E-state index contributed by atoms with van der Waals surface area (Å²) in [6, 6.07) is 6.19. The van der Waals surface area contributed by atoms with Gasteiger partial charge in [0.2, 0.25) is 0 Å². The van der Waals surface area contributed by atoms with E-state index in [-0.39, 0.29) is 0 Å². The fourth-order valence-electron chi connectivity index (χ4n) is 2.53. The molecule has 1 saturated heterocycles. The number of rotatable bonds is 4. The van der Waals surface area contributed by atoms with Crippen molar-refractivity contribution < 1.29 is 14.2 Å². The van der Waals surface area contributed by atoms with E-state index in [1.54, 1.807) is 0 Å². The minimum Gasteiger partial charge on any atom is -0.493 e. The van der Waals surface area contributed by atoms with Gasteiger partial charge in [-0.25, -0.2) is 0 Å². The molecule has 1 aromatic carbocycles. The Balaban J connectivity index is 1.49. The maximum absolute atomic E-state index is 5.81. The van der Waals surface area contributed by atoms with Crippen molar-refractivity contribution in [2.45, 2.75) is 12.8 Å². The predicted octanol–water partition coefficient (Wildman–Crippen LogP) is 1.72. The van der Waals surface area contributed by atoms with Gasteiger partial charge in [0.1, 0.15) is 18.1 Å². The Morgan fingerprint density at radius 3 is 2.95 bits per heavy atom. The molecule has 104 valence electrons. The monoisotopic (exact) mass is 263 g/mol. The lowest BCUT2D eigenvalue weighted by Crippen LogP contribution is -2.38. The van der Waals surface area contributed by atoms with Crippen molar-refractivity contribution in [3.63, 3.8) is 0 Å². The van der Waals surface area contributed by atoms with Crippen molar-refractivity contribution >= 4 is 0 Å². The van der Waals surface area contributed by atoms with E-state index in [4.69, 9.17) is 14.2 Å². The Morgan fingerprint density at radius 2 is 2.05 bits per heavy atom. The highest BCUT2D eigenvalue weighted by Crippen LogP contribution is 2.28. The largest absolute Gasteiger partial charge is 0.493 e. The first-order chi connectivity index (χ1) is 9.42. The lowest BCUT2D eigenvalue weighted by molar-refractivity contribution is 0.0322. The third kappa shape index (κ3) is 3.39. The van der Waals surface area contributed by atoms with E-state index >= 15 is 0 Å². The number of ether oxygens (including phenoxy) is 3. The maximum Gasteiger partial charge on any atom is 0.126 e. The van der Waals surface area contributed by atoms with Gasteiger partial charge in [-0.1, -0.05) is 6.07 Å². The zero-order valence-corrected chi connectivity index (χ0v) is 11.3. The minimum atomic E-state index is 0.721. The van der Waals surface area contributed by atoms with Crippen molar-refractivity contribution in [1.29, 1.82) is 0 Å². The number of morpholine rings is 1. The van der Waals surface area contributed by atoms with Crippen LogP contribution in [0.5, 0.6) is 11.5 Å². The number of aryl methyl sites for hydroxylation is 1. The average Bonchev–Trinajstić information content (AvgIpc) is 2.48. The van der Waals surface area contributed by atoms with Gasteiger partial charge in [0, 0.05) is 25.7 Å². The molecule has 4 heteroatoms. The average molecular weight is 263 g/mol. The van der Waals surface area contributed by atoms with Crippen LogP contribution in [0, 0.1) is 0 Å². The Hall–Kier alpha value is -1.26. The van der Waals surface area contributed by atoms with Crippen LogP contribution in [0.4, 0.5) is 0 Å². The van der Waals surface area contributed by atoms with Crippen LogP contribution >= 0.6 is 0 Å². The fourth-order valence-corrected chi connectivity index (χ4v) is 2.53. The number of nitrogens with zero attached hydrogens (tertiary/aromatic N) is 1. The normalized spacial score (nSPS) is 19.6. The summed E-state index contributed by atoms with van der Waals surface area (Å²) in [4.78, 5) is 2.37. The van der Waals surface area contributed by atoms with Gasteiger partial charge in [0.25, 0.3) is 0 Å². The van der Waals surface area contributed by atoms with Crippen LogP contribution in [0.3, 0.4) is 0 Å². The van der Waals surface area contributed by atoms with Crippen LogP contribution in [0.15, 0.2) is 18.2 Å². The molecule has 2 aliphatic rings.